The molecule has 124 heavy (non-hydrogen) atoms. The molecular weight excluding hydrogens is 1640 g/mol. The number of aliphatic carboxylic acids is 3. The van der Waals surface area contributed by atoms with Crippen LogP contribution in [0.4, 0.5) is 15.8 Å². The second kappa shape index (κ2) is 50.5. The summed E-state index contributed by atoms with van der Waals surface area (Å²) >= 11 is 0. The predicted molar refractivity (Wildman–Crippen MR) is 434 cm³/mol. The van der Waals surface area contributed by atoms with Gasteiger partial charge in [0.05, 0.1) is 50.9 Å². The maximum absolute atomic E-state index is 15.0. The molecule has 0 radical (unpaired) electrons. The number of carbonyl (C=O) groups is 20. The Hall–Kier alpha value is -13.8. The SMILES string of the molecule is CCCCCCCCCC(=O)N[C@@H](Cc1c[nH]c2ccccc12)C(=O)N[C@@H](CC(N)=O)C(=O)N[C@@H](CCO)C(=O)N[C@@H]1C(=O)NCC(=O)N[C@@H](CCCNC(=O)c2cc(F)ccc2N)C(=O)N[C@@H](CC(=O)O)C(=O)N[C@H](C)C(=O)N[C@@H](CC(=O)O)C(=O)NCC(=O)N[C@H](CO)C(=O)N[C@@H]([C@H](C)CC(=O)O)C(=O)N[C@@H](CC(=O)c2ccccc2N)C(=O)O[C@@H]1C. The van der Waals surface area contributed by atoms with Gasteiger partial charge in [-0.05, 0) is 87.4 Å². The van der Waals surface area contributed by atoms with Crippen LogP contribution in [0.15, 0.2) is 72.9 Å². The van der Waals surface area contributed by atoms with Crippen LogP contribution in [0.1, 0.15) is 157 Å². The van der Waals surface area contributed by atoms with Crippen LogP contribution >= 0.6 is 0 Å². The normalized spacial score (nSPS) is 20.5. The van der Waals surface area contributed by atoms with Crippen molar-refractivity contribution in [2.75, 3.05) is 44.3 Å². The summed E-state index contributed by atoms with van der Waals surface area (Å²) in [6.07, 6.45) is -2.08. The number of nitrogens with one attached hydrogen (secondary N) is 15. The highest BCUT2D eigenvalue weighted by atomic mass is 19.1. The van der Waals surface area contributed by atoms with Crippen LogP contribution in [-0.2, 0) is 97.5 Å². The number of hydrogen-bond donors (Lipinski definition) is 23. The van der Waals surface area contributed by atoms with Crippen molar-refractivity contribution in [3.63, 3.8) is 0 Å². The van der Waals surface area contributed by atoms with E-state index in [-0.39, 0.29) is 41.8 Å². The van der Waals surface area contributed by atoms with Crippen LogP contribution in [0.25, 0.3) is 10.9 Å². The average molecular weight is 1740 g/mol. The quantitative estimate of drug-likeness (QED) is 0.00875. The fourth-order valence-corrected chi connectivity index (χ4v) is 12.8. The predicted octanol–water partition coefficient (Wildman–Crippen LogP) is -4.52. The average Bonchev–Trinajstić information content (AvgIpc) is 1.64. The topological polar surface area (TPSA) is 714 Å². The van der Waals surface area contributed by atoms with Crippen LogP contribution in [-0.4, -0.2) is 254 Å². The van der Waals surface area contributed by atoms with Gasteiger partial charge in [0.25, 0.3) is 5.91 Å². The third-order valence-corrected chi connectivity index (χ3v) is 19.4. The molecule has 1 aliphatic rings. The molecule has 44 nitrogen and oxygen atoms in total. The van der Waals surface area contributed by atoms with Crippen molar-refractivity contribution in [2.24, 2.45) is 11.7 Å². The number of rotatable bonds is 37. The third-order valence-electron chi connectivity index (χ3n) is 19.4. The number of aromatic amines is 1. The highest BCUT2D eigenvalue weighted by Gasteiger charge is 2.41. The Morgan fingerprint density at radius 3 is 1.77 bits per heavy atom. The molecule has 2 heterocycles. The number of amides is 15. The van der Waals surface area contributed by atoms with Gasteiger partial charge >= 0.3 is 23.9 Å². The molecule has 1 aliphatic heterocycles. The molecule has 13 atom stereocenters. The summed E-state index contributed by atoms with van der Waals surface area (Å²) < 4.78 is 20.0. The summed E-state index contributed by atoms with van der Waals surface area (Å²) in [5.74, 6) is -29.6. The molecule has 0 saturated carbocycles. The number of aromatic nitrogens is 1. The summed E-state index contributed by atoms with van der Waals surface area (Å²) in [5, 5.41) is 82.1. The van der Waals surface area contributed by atoms with E-state index in [2.05, 4.69) is 70.4 Å². The number of H-pyrrole nitrogens is 1. The van der Waals surface area contributed by atoms with E-state index in [1.807, 2.05) is 16.0 Å². The summed E-state index contributed by atoms with van der Waals surface area (Å²) in [6.45, 7) is -0.160. The van der Waals surface area contributed by atoms with Crippen molar-refractivity contribution in [1.29, 1.82) is 0 Å². The molecule has 0 aliphatic carbocycles. The lowest BCUT2D eigenvalue weighted by Gasteiger charge is -2.30. The van der Waals surface area contributed by atoms with E-state index < -0.39 is 280 Å². The first kappa shape index (κ1) is 101. The summed E-state index contributed by atoms with van der Waals surface area (Å²) in [7, 11) is 0. The Kier molecular flexibility index (Phi) is 41.0. The van der Waals surface area contributed by atoms with Crippen LogP contribution in [0.2, 0.25) is 0 Å². The zero-order valence-corrected chi connectivity index (χ0v) is 68.4. The van der Waals surface area contributed by atoms with Crippen molar-refractivity contribution in [2.45, 2.75) is 209 Å². The van der Waals surface area contributed by atoms with Crippen LogP contribution < -0.4 is 91.6 Å². The number of unbranched alkanes of at least 4 members (excludes halogenated alkanes) is 6. The lowest BCUT2D eigenvalue weighted by Crippen LogP contribution is -2.61. The minimum atomic E-state index is -2.40. The Bertz CT molecular complexity index is 4550. The molecule has 1 fully saturated rings. The maximum atomic E-state index is 15.0. The molecule has 0 spiro atoms. The van der Waals surface area contributed by atoms with Crippen molar-refractivity contribution < 1.29 is 131 Å². The van der Waals surface area contributed by atoms with Gasteiger partial charge < -0.3 is 127 Å². The molecule has 676 valence electrons. The molecule has 0 unspecified atom stereocenters. The van der Waals surface area contributed by atoms with Crippen molar-refractivity contribution in [3.05, 3.63) is 95.4 Å². The first-order valence-corrected chi connectivity index (χ1v) is 39.7. The lowest BCUT2D eigenvalue weighted by molar-refractivity contribution is -0.156. The fourth-order valence-electron chi connectivity index (χ4n) is 12.8. The minimum Gasteiger partial charge on any atom is -0.481 e. The van der Waals surface area contributed by atoms with E-state index in [4.69, 9.17) is 21.9 Å². The van der Waals surface area contributed by atoms with Crippen LogP contribution in [0.3, 0.4) is 0 Å². The minimum absolute atomic E-state index is 0.00568. The second-order valence-corrected chi connectivity index (χ2v) is 29.4. The van der Waals surface area contributed by atoms with Crippen molar-refractivity contribution in [1.82, 2.24) is 79.4 Å². The van der Waals surface area contributed by atoms with Crippen molar-refractivity contribution >= 4 is 141 Å². The molecule has 1 aromatic heterocycles. The van der Waals surface area contributed by atoms with E-state index in [0.29, 0.717) is 29.3 Å². The number of anilines is 2. The van der Waals surface area contributed by atoms with Crippen molar-refractivity contribution in [3.8, 4) is 0 Å². The number of benzene rings is 3. The molecule has 26 N–H and O–H groups in total. The largest absolute Gasteiger partial charge is 0.481 e. The van der Waals surface area contributed by atoms with Gasteiger partial charge in [-0.2, -0.15) is 0 Å². The molecule has 0 bridgehead atoms. The Balaban J connectivity index is 1.63. The number of carboxylic acid groups (broad SMARTS) is 3. The highest BCUT2D eigenvalue weighted by molar-refractivity contribution is 6.05. The number of halogens is 1. The van der Waals surface area contributed by atoms with E-state index in [9.17, 15) is 126 Å². The third kappa shape index (κ3) is 33.3. The number of cyclic esters (lactones) is 1. The number of nitrogens with two attached hydrogens (primary N) is 3. The molecular formula is C79H107FN18O26. The zero-order chi connectivity index (χ0) is 92.0. The van der Waals surface area contributed by atoms with Gasteiger partial charge in [0, 0.05) is 66.5 Å². The second-order valence-electron chi connectivity index (χ2n) is 29.4. The summed E-state index contributed by atoms with van der Waals surface area (Å²) in [5.41, 5.74) is 17.9. The molecule has 45 heteroatoms. The molecule has 4 aromatic rings. The van der Waals surface area contributed by atoms with Crippen LogP contribution in [0.5, 0.6) is 0 Å². The van der Waals surface area contributed by atoms with Gasteiger partial charge in [-0.1, -0.05) is 82.7 Å². The van der Waals surface area contributed by atoms with Gasteiger partial charge in [0.2, 0.25) is 82.7 Å². The van der Waals surface area contributed by atoms with Crippen LogP contribution in [0, 0.1) is 11.7 Å². The number of nitrogen functional groups attached to an aromatic ring is 2. The van der Waals surface area contributed by atoms with Gasteiger partial charge in [0.15, 0.2) is 5.78 Å². The number of para-hydroxylation sites is 2. The Labute approximate surface area is 708 Å². The summed E-state index contributed by atoms with van der Waals surface area (Å²) in [6, 6.07) is -7.53. The number of ether oxygens (including phenoxy) is 1. The smallest absolute Gasteiger partial charge is 0.329 e. The zero-order valence-electron chi connectivity index (χ0n) is 68.4. The summed E-state index contributed by atoms with van der Waals surface area (Å²) in [4.78, 5) is 279. The van der Waals surface area contributed by atoms with Gasteiger partial charge in [-0.3, -0.25) is 91.1 Å². The number of carboxylic acids is 3. The van der Waals surface area contributed by atoms with E-state index in [1.54, 1.807) is 30.5 Å². The number of aliphatic hydroxyl groups is 2. The maximum Gasteiger partial charge on any atom is 0.329 e. The number of Topliss-reactive ketones (excluding diaryl/α,β-unsaturated/α-hetero) is 1. The number of carbonyl (C=O) groups excluding carboxylic acids is 17. The molecule has 15 amide bonds. The number of ketones is 1. The highest BCUT2D eigenvalue weighted by Crippen LogP contribution is 2.22. The number of hydrogen-bond acceptors (Lipinski definition) is 25. The molecule has 3 aromatic carbocycles. The lowest BCUT2D eigenvalue weighted by atomic mass is 9.96. The van der Waals surface area contributed by atoms with E-state index in [1.165, 1.54) is 24.3 Å². The monoisotopic (exact) mass is 1740 g/mol. The number of esters is 1. The van der Waals surface area contributed by atoms with Gasteiger partial charge in [-0.25, -0.2) is 9.18 Å². The van der Waals surface area contributed by atoms with E-state index in [0.717, 1.165) is 71.1 Å². The number of fused-ring (bicyclic) bond motifs is 1. The first-order chi connectivity index (χ1) is 58.7. The van der Waals surface area contributed by atoms with E-state index >= 15 is 0 Å². The van der Waals surface area contributed by atoms with Gasteiger partial charge in [-0.15, -0.1) is 0 Å². The first-order valence-electron chi connectivity index (χ1n) is 39.7. The standard InChI is InChI=1S/C79H107FN18O26/c1-5-6-7-8-9-10-11-22-60(103)90-52(29-42-35-85-49-20-15-13-17-44(42)49)74(118)94-53(32-59(83)102)75(119)92-51(25-27-99)72(116)98-67-41(4)124-79(123)56(31-58(101)45-18-12-14-19-47(45)81)96-78(122)66(39(2)28-63(106)107)97-76(120)57(38-100)91-62(105)36-86-70(114)54(33-64(108)109)93-68(112)40(3)88-73(117)55(34-65(110)111)95-71(115)50(89-61(104)37-87-77(67)121)21-16-26-84-69(113)46-30-43(80)23-24-48(46)82/h12-15,17-20,23-24,30,35,39-41,50-57,66-67,85,99-100H,5-11,16,21-22,25-29,31-34,36-38,81-82H2,1-4H3,(H2,83,102)(H,84,113)(H,86,114)(H,87,121)(H,88,117)(H,89,104)(H,90,103)(H,91,105)(H,92,119)(H,93,112)(H,94,118)(H,95,115)(H,96,122)(H,97,120)(H,98,116)(H,106,107)(H,108,109)(H,110,111)/t39-,40-,41-,50+,51+,52+,53+,54+,55+,56+,57-,66+,67+/m1/s1. The van der Waals surface area contributed by atoms with Gasteiger partial charge in [0.1, 0.15) is 78.4 Å². The number of primary amides is 1. The Morgan fingerprint density at radius 2 is 1.14 bits per heavy atom. The Morgan fingerprint density at radius 1 is 0.565 bits per heavy atom. The number of aliphatic hydroxyl groups excluding tert-OH is 2. The molecule has 1 saturated heterocycles. The fraction of sp³-hybridized carbons (Fsp3) is 0.494. The molecule has 5 rings (SSSR count).